The van der Waals surface area contributed by atoms with Crippen LogP contribution in [0.25, 0.3) is 0 Å². The summed E-state index contributed by atoms with van der Waals surface area (Å²) in [6.07, 6.45) is 7.42. The van der Waals surface area contributed by atoms with Crippen LogP contribution in [0.15, 0.2) is 24.8 Å². The molecule has 3 rings (SSSR count). The first-order chi connectivity index (χ1) is 10.6. The van der Waals surface area contributed by atoms with Crippen LogP contribution in [-0.2, 0) is 6.54 Å². The van der Waals surface area contributed by atoms with E-state index in [1.165, 1.54) is 6.20 Å². The molecule has 3 heterocycles. The van der Waals surface area contributed by atoms with E-state index in [0.717, 1.165) is 31.0 Å². The molecule has 2 aromatic rings. The second-order valence-corrected chi connectivity index (χ2v) is 5.86. The van der Waals surface area contributed by atoms with E-state index >= 15 is 0 Å². The van der Waals surface area contributed by atoms with Crippen LogP contribution in [0.2, 0.25) is 0 Å². The van der Waals surface area contributed by atoms with Crippen LogP contribution in [0.4, 0.5) is 0 Å². The first kappa shape index (κ1) is 14.6. The van der Waals surface area contributed by atoms with Gasteiger partial charge in [-0.1, -0.05) is 0 Å². The number of H-pyrrole nitrogens is 1. The number of likely N-dealkylation sites (tertiary alicyclic amines) is 1. The molecule has 7 heteroatoms. The number of aromatic nitrogens is 4. The van der Waals surface area contributed by atoms with Gasteiger partial charge >= 0.3 is 0 Å². The molecule has 0 aromatic carbocycles. The van der Waals surface area contributed by atoms with E-state index in [1.54, 1.807) is 12.4 Å². The maximum absolute atomic E-state index is 12.4. The van der Waals surface area contributed by atoms with Gasteiger partial charge in [0.05, 0.1) is 6.20 Å². The Morgan fingerprint density at radius 2 is 2.23 bits per heavy atom. The second-order valence-electron chi connectivity index (χ2n) is 5.86. The van der Waals surface area contributed by atoms with Gasteiger partial charge in [0.1, 0.15) is 11.5 Å². The van der Waals surface area contributed by atoms with Crippen molar-refractivity contribution in [3.05, 3.63) is 42.0 Å². The number of imidazole rings is 1. The smallest absolute Gasteiger partial charge is 0.274 e. The van der Waals surface area contributed by atoms with Crippen molar-refractivity contribution in [2.24, 2.45) is 0 Å². The van der Waals surface area contributed by atoms with Crippen molar-refractivity contribution in [1.29, 1.82) is 0 Å². The Kier molecular flexibility index (Phi) is 4.15. The van der Waals surface area contributed by atoms with Crippen LogP contribution in [0.1, 0.15) is 34.3 Å². The molecule has 116 valence electrons. The van der Waals surface area contributed by atoms with Crippen molar-refractivity contribution >= 4 is 5.91 Å². The number of nitrogens with zero attached hydrogens (tertiary/aromatic N) is 5. The summed E-state index contributed by atoms with van der Waals surface area (Å²) in [5.74, 6) is 1.17. The van der Waals surface area contributed by atoms with Crippen molar-refractivity contribution < 1.29 is 4.79 Å². The zero-order chi connectivity index (χ0) is 15.5. The average Bonchev–Trinajstić information content (AvgIpc) is 3.15. The number of amides is 1. The third kappa shape index (κ3) is 3.14. The molecule has 1 aliphatic rings. The molecular formula is C15H20N6O. The molecule has 0 radical (unpaired) electrons. The van der Waals surface area contributed by atoms with Crippen LogP contribution in [0.3, 0.4) is 0 Å². The van der Waals surface area contributed by atoms with Gasteiger partial charge in [0.2, 0.25) is 0 Å². The number of carbonyl (C=O) groups excluding carboxylic acids is 1. The predicted molar refractivity (Wildman–Crippen MR) is 81.3 cm³/mol. The molecule has 1 N–H and O–H groups in total. The van der Waals surface area contributed by atoms with Crippen LogP contribution < -0.4 is 0 Å². The minimum Gasteiger partial charge on any atom is -0.345 e. The first-order valence-electron chi connectivity index (χ1n) is 7.37. The normalized spacial score (nSPS) is 18.1. The molecule has 0 saturated carbocycles. The molecule has 7 nitrogen and oxygen atoms in total. The monoisotopic (exact) mass is 300 g/mol. The average molecular weight is 300 g/mol. The molecule has 0 unspecified atom stereocenters. The van der Waals surface area contributed by atoms with E-state index in [4.69, 9.17) is 0 Å². The number of nitrogens with one attached hydrogen (secondary N) is 1. The van der Waals surface area contributed by atoms with Crippen molar-refractivity contribution in [1.82, 2.24) is 29.7 Å². The number of hydrogen-bond acceptors (Lipinski definition) is 5. The Balaban J connectivity index is 1.65. The minimum absolute atomic E-state index is 0.0596. The van der Waals surface area contributed by atoms with Gasteiger partial charge in [-0.3, -0.25) is 9.78 Å². The molecule has 0 aliphatic carbocycles. The quantitative estimate of drug-likeness (QED) is 0.907. The lowest BCUT2D eigenvalue weighted by Gasteiger charge is -2.15. The van der Waals surface area contributed by atoms with Gasteiger partial charge in [-0.15, -0.1) is 0 Å². The lowest BCUT2D eigenvalue weighted by Crippen LogP contribution is -2.29. The lowest BCUT2D eigenvalue weighted by atomic mass is 10.1. The summed E-state index contributed by atoms with van der Waals surface area (Å²) in [6, 6.07) is 0. The molecule has 1 atom stereocenters. The van der Waals surface area contributed by atoms with Gasteiger partial charge < -0.3 is 14.8 Å². The van der Waals surface area contributed by atoms with Crippen molar-refractivity contribution in [2.45, 2.75) is 18.9 Å². The highest BCUT2D eigenvalue weighted by Crippen LogP contribution is 2.26. The zero-order valence-electron chi connectivity index (χ0n) is 12.9. The topological polar surface area (TPSA) is 78.0 Å². The maximum Gasteiger partial charge on any atom is 0.274 e. The van der Waals surface area contributed by atoms with Crippen molar-refractivity contribution in [3.8, 4) is 0 Å². The van der Waals surface area contributed by atoms with Crippen LogP contribution in [0, 0.1) is 0 Å². The SMILES string of the molecule is CN(C)Cc1cnc([C@H]2CCN(C(=O)c3cnccn3)C2)[nH]1. The Bertz CT molecular complexity index is 638. The maximum atomic E-state index is 12.4. The van der Waals surface area contributed by atoms with Crippen LogP contribution >= 0.6 is 0 Å². The van der Waals surface area contributed by atoms with Crippen molar-refractivity contribution in [2.75, 3.05) is 27.2 Å². The molecule has 1 aliphatic heterocycles. The second kappa shape index (κ2) is 6.23. The fraction of sp³-hybridized carbons (Fsp3) is 0.467. The number of carbonyl (C=O) groups is 1. The molecule has 1 saturated heterocycles. The van der Waals surface area contributed by atoms with Gasteiger partial charge in [0, 0.05) is 49.8 Å². The summed E-state index contributed by atoms with van der Waals surface area (Å²) in [6.45, 7) is 2.23. The largest absolute Gasteiger partial charge is 0.345 e. The molecule has 0 bridgehead atoms. The number of rotatable bonds is 4. The number of hydrogen-bond donors (Lipinski definition) is 1. The third-order valence-corrected chi connectivity index (χ3v) is 3.78. The predicted octanol–water partition coefficient (Wildman–Crippen LogP) is 0.891. The van der Waals surface area contributed by atoms with E-state index in [2.05, 4.69) is 24.8 Å². The molecule has 22 heavy (non-hydrogen) atoms. The first-order valence-corrected chi connectivity index (χ1v) is 7.37. The summed E-state index contributed by atoms with van der Waals surface area (Å²) in [7, 11) is 4.05. The Hall–Kier alpha value is -2.28. The van der Waals surface area contributed by atoms with E-state index in [9.17, 15) is 4.79 Å². The summed E-state index contributed by atoms with van der Waals surface area (Å²) >= 11 is 0. The highest BCUT2D eigenvalue weighted by Gasteiger charge is 2.30. The van der Waals surface area contributed by atoms with E-state index < -0.39 is 0 Å². The summed E-state index contributed by atoms with van der Waals surface area (Å²) < 4.78 is 0. The lowest BCUT2D eigenvalue weighted by molar-refractivity contribution is 0.0784. The fourth-order valence-corrected chi connectivity index (χ4v) is 2.74. The Morgan fingerprint density at radius 1 is 1.36 bits per heavy atom. The van der Waals surface area contributed by atoms with Gasteiger partial charge in [-0.25, -0.2) is 9.97 Å². The van der Waals surface area contributed by atoms with Crippen LogP contribution in [0.5, 0.6) is 0 Å². The fourth-order valence-electron chi connectivity index (χ4n) is 2.74. The van der Waals surface area contributed by atoms with E-state index in [1.807, 2.05) is 25.2 Å². The number of aromatic amines is 1. The molecule has 0 spiro atoms. The van der Waals surface area contributed by atoms with Gasteiger partial charge in [0.25, 0.3) is 5.91 Å². The minimum atomic E-state index is -0.0596. The zero-order valence-corrected chi connectivity index (χ0v) is 12.9. The van der Waals surface area contributed by atoms with Gasteiger partial charge in [-0.2, -0.15) is 0 Å². The van der Waals surface area contributed by atoms with Gasteiger partial charge in [-0.05, 0) is 20.5 Å². The summed E-state index contributed by atoms with van der Waals surface area (Å²) in [4.78, 5) is 32.1. The summed E-state index contributed by atoms with van der Waals surface area (Å²) in [5, 5.41) is 0. The molecular weight excluding hydrogens is 280 g/mol. The van der Waals surface area contributed by atoms with Crippen molar-refractivity contribution in [3.63, 3.8) is 0 Å². The molecule has 2 aromatic heterocycles. The molecule has 1 fully saturated rings. The van der Waals surface area contributed by atoms with Crippen LogP contribution in [-0.4, -0.2) is 62.8 Å². The summed E-state index contributed by atoms with van der Waals surface area (Å²) in [5.41, 5.74) is 1.49. The Labute approximate surface area is 129 Å². The van der Waals surface area contributed by atoms with Gasteiger partial charge in [0.15, 0.2) is 0 Å². The third-order valence-electron chi connectivity index (χ3n) is 3.78. The molecule has 1 amide bonds. The van der Waals surface area contributed by atoms with E-state index in [0.29, 0.717) is 12.2 Å². The highest BCUT2D eigenvalue weighted by molar-refractivity contribution is 5.92. The van der Waals surface area contributed by atoms with E-state index in [-0.39, 0.29) is 11.8 Å². The highest BCUT2D eigenvalue weighted by atomic mass is 16.2. The Morgan fingerprint density at radius 3 is 2.95 bits per heavy atom. The standard InChI is InChI=1S/C15H20N6O/c1-20(2)10-12-7-18-14(19-12)11-3-6-21(9-11)15(22)13-8-16-4-5-17-13/h4-5,7-8,11H,3,6,9-10H2,1-2H3,(H,18,19)/t11-/m0/s1.